The zero-order valence-corrected chi connectivity index (χ0v) is 40.5. The van der Waals surface area contributed by atoms with Gasteiger partial charge in [0.25, 0.3) is 30.3 Å². The summed E-state index contributed by atoms with van der Waals surface area (Å²) < 4.78 is 226. The lowest BCUT2D eigenvalue weighted by atomic mass is 9.29. The second-order valence-corrected chi connectivity index (χ2v) is 29.7. The molecule has 12 bridgehead atoms. The van der Waals surface area contributed by atoms with E-state index in [1.165, 1.54) is 36.4 Å². The summed E-state index contributed by atoms with van der Waals surface area (Å²) in [5.41, 5.74) is -2.78. The van der Waals surface area contributed by atoms with E-state index in [1.54, 1.807) is 12.1 Å². The van der Waals surface area contributed by atoms with Crippen molar-refractivity contribution in [1.82, 2.24) is 4.72 Å². The van der Waals surface area contributed by atoms with Crippen LogP contribution in [-0.4, -0.2) is 75.9 Å². The van der Waals surface area contributed by atoms with E-state index in [0.29, 0.717) is 75.6 Å². The van der Waals surface area contributed by atoms with Crippen molar-refractivity contribution in [2.75, 3.05) is 6.61 Å². The molecule has 0 saturated heterocycles. The van der Waals surface area contributed by atoms with E-state index in [1.807, 2.05) is 4.72 Å². The maximum absolute atomic E-state index is 15.9. The van der Waals surface area contributed by atoms with Gasteiger partial charge in [0, 0.05) is 11.0 Å². The van der Waals surface area contributed by atoms with Crippen molar-refractivity contribution >= 4 is 40.4 Å². The first-order chi connectivity index (χ1) is 31.8. The Hall–Kier alpha value is -2.54. The van der Waals surface area contributed by atoms with Crippen LogP contribution in [0.25, 0.3) is 0 Å². The lowest BCUT2D eigenvalue weighted by Gasteiger charge is -2.76. The van der Waals surface area contributed by atoms with Crippen LogP contribution in [0.2, 0.25) is 0 Å². The number of halogens is 6. The van der Waals surface area contributed by atoms with Crippen LogP contribution in [0.1, 0.15) is 108 Å². The van der Waals surface area contributed by atoms with E-state index in [9.17, 15) is 51.6 Å². The Bertz CT molecular complexity index is 2880. The highest BCUT2D eigenvalue weighted by Crippen LogP contribution is 2.80. The van der Waals surface area contributed by atoms with Crippen LogP contribution >= 0.6 is 0 Å². The highest BCUT2D eigenvalue weighted by molar-refractivity contribution is 7.91. The zero-order chi connectivity index (χ0) is 49.6. The standard InChI is InChI=1S/C46H55F6NO12S4/c47-44(48,46(51,52)69(62,63)64)45(49,50)68(60,61)53-43-17-26-9-27(18-43)12-30(11-26)38(43)42-21-31-19-40(24-42,33-1-5-35(6-2-33)66(54,55)56)20-32(22-42)37(31)41-15-28-10-29(16-41)14-39(13-28,23-41)25-65-34-3-7-36(8-4-34)67(57,58)59/h1-8,26-32,37-38,53H,9-25H2,(H,54,55,56)(H,57,58,59)(H,62,63,64). The molecule has 14 rings (SSSR count). The van der Waals surface area contributed by atoms with Crippen molar-refractivity contribution in [1.29, 1.82) is 0 Å². The molecular weight excluding hydrogens is 1000 g/mol. The molecular formula is C46H55F6NO12S4. The molecule has 2 aromatic carbocycles. The SMILES string of the molecule is O=S(=O)(O)c1ccc(OCC23CC4CC(C2)CC(C2C5CC6(c7ccc(S(=O)(=O)O)cc7)CC2CC(C2C7CC8CC(C7)CC2(NS(=O)(=O)C(F)(F)C(F)(F)C(F)(F)S(=O)(=O)O)C8)(C5)C6)(C4)C3)cc1. The highest BCUT2D eigenvalue weighted by Gasteiger charge is 2.83. The Labute approximate surface area is 397 Å². The summed E-state index contributed by atoms with van der Waals surface area (Å²) in [6, 6.07) is 11.6. The molecule has 0 aliphatic heterocycles. The molecule has 12 saturated carbocycles. The van der Waals surface area contributed by atoms with Crippen LogP contribution in [0.3, 0.4) is 0 Å². The zero-order valence-electron chi connectivity index (χ0n) is 37.3. The molecule has 69 heavy (non-hydrogen) atoms. The smallest absolute Gasteiger partial charge is 0.439 e. The second kappa shape index (κ2) is 14.8. The summed E-state index contributed by atoms with van der Waals surface area (Å²) in [4.78, 5) is -0.571. The fourth-order valence-electron chi connectivity index (χ4n) is 19.0. The minimum absolute atomic E-state index is 0.0141. The number of sulfonamides is 1. The normalized spacial score (nSPS) is 41.5. The first kappa shape index (κ1) is 48.7. The van der Waals surface area contributed by atoms with E-state index < -0.39 is 79.1 Å². The van der Waals surface area contributed by atoms with Gasteiger partial charge < -0.3 is 4.74 Å². The number of nitrogens with one attached hydrogen (secondary N) is 1. The molecule has 382 valence electrons. The number of alkyl halides is 6. The molecule has 4 N–H and O–H groups in total. The van der Waals surface area contributed by atoms with Crippen LogP contribution in [0.4, 0.5) is 26.3 Å². The lowest BCUT2D eigenvalue weighted by molar-refractivity contribution is -0.249. The van der Waals surface area contributed by atoms with Gasteiger partial charge in [-0.2, -0.15) is 51.6 Å². The van der Waals surface area contributed by atoms with Gasteiger partial charge in [-0.25, -0.2) is 13.1 Å². The molecule has 7 atom stereocenters. The number of hydrogen-bond acceptors (Lipinski definition) is 9. The van der Waals surface area contributed by atoms with Crippen LogP contribution in [-0.2, 0) is 45.8 Å². The lowest BCUT2D eigenvalue weighted by Crippen LogP contribution is -2.74. The van der Waals surface area contributed by atoms with E-state index in [2.05, 4.69) is 0 Å². The third-order valence-corrected chi connectivity index (χ3v) is 23.7. The molecule has 0 heterocycles. The third-order valence-electron chi connectivity index (χ3n) is 19.4. The molecule has 12 aliphatic carbocycles. The minimum atomic E-state index is -7.23. The molecule has 0 radical (unpaired) electrons. The van der Waals surface area contributed by atoms with Gasteiger partial charge in [0.1, 0.15) is 5.75 Å². The van der Waals surface area contributed by atoms with Crippen LogP contribution in [0.15, 0.2) is 58.3 Å². The summed E-state index contributed by atoms with van der Waals surface area (Å²) in [5, 5.41) is -13.6. The number of hydrogen-bond donors (Lipinski definition) is 4. The third kappa shape index (κ3) is 7.19. The topological polar surface area (TPSA) is 219 Å². The average Bonchev–Trinajstić information content (AvgIpc) is 3.20. The van der Waals surface area contributed by atoms with E-state index >= 15 is 17.6 Å². The predicted octanol–water partition coefficient (Wildman–Crippen LogP) is 8.73. The Balaban J connectivity index is 0.974. The molecule has 7 unspecified atom stereocenters. The van der Waals surface area contributed by atoms with Crippen molar-refractivity contribution in [3.05, 3.63) is 54.1 Å². The first-order valence-electron chi connectivity index (χ1n) is 23.7. The number of ether oxygens (including phenoxy) is 1. The largest absolute Gasteiger partial charge is 0.493 e. The quantitative estimate of drug-likeness (QED) is 0.103. The highest BCUT2D eigenvalue weighted by atomic mass is 32.2. The monoisotopic (exact) mass is 1060 g/mol. The summed E-state index contributed by atoms with van der Waals surface area (Å²) in [7, 11) is -23.0. The first-order valence-corrected chi connectivity index (χ1v) is 29.5. The molecule has 12 aliphatic rings. The summed E-state index contributed by atoms with van der Waals surface area (Å²) in [6.07, 6.45) is 10.4. The van der Waals surface area contributed by atoms with Gasteiger partial charge in [-0.3, -0.25) is 13.7 Å². The molecule has 12 fully saturated rings. The average molecular weight is 1060 g/mol. The van der Waals surface area contributed by atoms with Crippen LogP contribution < -0.4 is 9.46 Å². The van der Waals surface area contributed by atoms with Gasteiger partial charge in [0.15, 0.2) is 0 Å². The van der Waals surface area contributed by atoms with Crippen molar-refractivity contribution in [3.8, 4) is 5.75 Å². The second-order valence-electron chi connectivity index (χ2n) is 23.7. The van der Waals surface area contributed by atoms with Crippen LogP contribution in [0.5, 0.6) is 5.75 Å². The van der Waals surface area contributed by atoms with Crippen molar-refractivity contribution in [3.63, 3.8) is 0 Å². The van der Waals surface area contributed by atoms with Gasteiger partial charge in [-0.05, 0) is 214 Å². The number of rotatable bonds is 14. The van der Waals surface area contributed by atoms with Gasteiger partial charge in [0.05, 0.1) is 16.4 Å². The molecule has 0 spiro atoms. The molecule has 23 heteroatoms. The maximum atomic E-state index is 15.9. The van der Waals surface area contributed by atoms with Crippen molar-refractivity contribution < 1.29 is 78.4 Å². The number of benzene rings is 2. The predicted molar refractivity (Wildman–Crippen MR) is 233 cm³/mol. The van der Waals surface area contributed by atoms with Gasteiger partial charge in [-0.1, -0.05) is 12.1 Å². The Kier molecular flexibility index (Phi) is 10.5. The summed E-state index contributed by atoms with van der Waals surface area (Å²) in [5.74, 6) is -7.05. The summed E-state index contributed by atoms with van der Waals surface area (Å²) in [6.45, 7) is 0.387. The van der Waals surface area contributed by atoms with E-state index in [-0.39, 0.29) is 69.0 Å². The Morgan fingerprint density at radius 1 is 0.565 bits per heavy atom. The maximum Gasteiger partial charge on any atom is 0.439 e. The fraction of sp³-hybridized carbons (Fsp3) is 0.739. The minimum Gasteiger partial charge on any atom is -0.493 e. The van der Waals surface area contributed by atoms with Crippen molar-refractivity contribution in [2.45, 2.75) is 140 Å². The van der Waals surface area contributed by atoms with Crippen LogP contribution in [0, 0.1) is 69.5 Å². The molecule has 13 nitrogen and oxygen atoms in total. The molecule has 0 amide bonds. The molecule has 0 aromatic heterocycles. The van der Waals surface area contributed by atoms with E-state index in [4.69, 9.17) is 9.29 Å². The summed E-state index contributed by atoms with van der Waals surface area (Å²) >= 11 is 0. The van der Waals surface area contributed by atoms with Gasteiger partial charge in [-0.15, -0.1) is 0 Å². The van der Waals surface area contributed by atoms with Crippen molar-refractivity contribution in [2.24, 2.45) is 69.5 Å². The van der Waals surface area contributed by atoms with Gasteiger partial charge in [0.2, 0.25) is 0 Å². The van der Waals surface area contributed by atoms with E-state index in [0.717, 1.165) is 44.1 Å². The molecule has 2 aromatic rings. The Morgan fingerprint density at radius 2 is 1.07 bits per heavy atom. The van der Waals surface area contributed by atoms with Gasteiger partial charge >= 0.3 is 26.5 Å². The Morgan fingerprint density at radius 3 is 1.58 bits per heavy atom. The fourth-order valence-corrected chi connectivity index (χ4v) is 21.9.